The van der Waals surface area contributed by atoms with Crippen LogP contribution in [0.5, 0.6) is 5.75 Å². The molecule has 2 aromatic carbocycles. The summed E-state index contributed by atoms with van der Waals surface area (Å²) in [6.45, 7) is 2.39. The van der Waals surface area contributed by atoms with Crippen molar-refractivity contribution in [3.63, 3.8) is 0 Å². The summed E-state index contributed by atoms with van der Waals surface area (Å²) in [5, 5.41) is 5.52. The first kappa shape index (κ1) is 17.5. The maximum Gasteiger partial charge on any atom is 0.122 e. The highest BCUT2D eigenvalue weighted by Crippen LogP contribution is 2.16. The molecule has 4 heteroatoms. The van der Waals surface area contributed by atoms with Crippen LogP contribution in [0.25, 0.3) is 0 Å². The predicted molar refractivity (Wildman–Crippen MR) is 99.3 cm³/mol. The summed E-state index contributed by atoms with van der Waals surface area (Å²) in [7, 11) is 0. The molecule has 3 rings (SSSR count). The molecular weight excluding hydrogens is 326 g/mol. The zero-order valence-electron chi connectivity index (χ0n) is 12.8. The van der Waals surface area contributed by atoms with E-state index in [1.165, 1.54) is 16.0 Å². The van der Waals surface area contributed by atoms with Crippen molar-refractivity contribution in [1.29, 1.82) is 0 Å². The van der Waals surface area contributed by atoms with Crippen LogP contribution in [0.15, 0.2) is 72.1 Å². The van der Waals surface area contributed by atoms with Gasteiger partial charge < -0.3 is 10.1 Å². The van der Waals surface area contributed by atoms with E-state index >= 15 is 0 Å². The minimum atomic E-state index is 0. The van der Waals surface area contributed by atoms with Crippen LogP contribution in [0.1, 0.15) is 16.0 Å². The summed E-state index contributed by atoms with van der Waals surface area (Å²) in [4.78, 5) is 1.24. The highest BCUT2D eigenvalue weighted by Gasteiger charge is 1.98. The molecule has 2 nitrogen and oxygen atoms in total. The van der Waals surface area contributed by atoms with Gasteiger partial charge in [0.05, 0.1) is 0 Å². The van der Waals surface area contributed by atoms with Crippen molar-refractivity contribution in [3.05, 3.63) is 88.1 Å². The molecule has 0 radical (unpaired) electrons. The molecule has 1 heterocycles. The van der Waals surface area contributed by atoms with Gasteiger partial charge in [0.2, 0.25) is 0 Å². The maximum atomic E-state index is 5.77. The lowest BCUT2D eigenvalue weighted by atomic mass is 10.2. The van der Waals surface area contributed by atoms with Gasteiger partial charge in [-0.15, -0.1) is 23.7 Å². The molecule has 0 bridgehead atoms. The van der Waals surface area contributed by atoms with Crippen LogP contribution in [-0.4, -0.2) is 0 Å². The molecule has 0 unspecified atom stereocenters. The van der Waals surface area contributed by atoms with Gasteiger partial charge in [0, 0.05) is 18.0 Å². The Balaban J connectivity index is 0.00000192. The van der Waals surface area contributed by atoms with E-state index in [1.54, 1.807) is 11.3 Å². The molecule has 0 atom stereocenters. The van der Waals surface area contributed by atoms with Crippen LogP contribution in [0.2, 0.25) is 0 Å². The van der Waals surface area contributed by atoms with E-state index in [-0.39, 0.29) is 12.4 Å². The molecule has 0 spiro atoms. The van der Waals surface area contributed by atoms with Crippen LogP contribution in [0.4, 0.5) is 0 Å². The van der Waals surface area contributed by atoms with Crippen LogP contribution < -0.4 is 10.1 Å². The third-order valence-corrected chi connectivity index (χ3v) is 4.24. The Labute approximate surface area is 147 Å². The van der Waals surface area contributed by atoms with Gasteiger partial charge in [-0.25, -0.2) is 0 Å². The van der Waals surface area contributed by atoms with Crippen molar-refractivity contribution in [3.8, 4) is 5.75 Å². The normalized spacial score (nSPS) is 10.1. The molecule has 23 heavy (non-hydrogen) atoms. The monoisotopic (exact) mass is 345 g/mol. The molecule has 0 aliphatic carbocycles. The largest absolute Gasteiger partial charge is 0.488 e. The summed E-state index contributed by atoms with van der Waals surface area (Å²) in [6, 6.07) is 22.9. The standard InChI is InChI=1S/C19H19NOS.ClH/c1-2-5-16(6-3-1)13-20-14-17-8-10-18(11-9-17)21-15-19-7-4-12-22-19;/h1-12,20H,13-15H2;1H. The second kappa shape index (κ2) is 9.36. The van der Waals surface area contributed by atoms with Crippen molar-refractivity contribution in [2.45, 2.75) is 19.7 Å². The second-order valence-corrected chi connectivity index (χ2v) is 6.13. The zero-order chi connectivity index (χ0) is 15.0. The quantitative estimate of drug-likeness (QED) is 0.647. The van der Waals surface area contributed by atoms with Crippen molar-refractivity contribution >= 4 is 23.7 Å². The number of halogens is 1. The van der Waals surface area contributed by atoms with E-state index in [0.29, 0.717) is 6.61 Å². The van der Waals surface area contributed by atoms with Crippen LogP contribution in [0.3, 0.4) is 0 Å². The fraction of sp³-hybridized carbons (Fsp3) is 0.158. The third kappa shape index (κ3) is 5.71. The number of thiophene rings is 1. The van der Waals surface area contributed by atoms with Crippen LogP contribution in [-0.2, 0) is 19.7 Å². The first-order valence-corrected chi connectivity index (χ1v) is 8.27. The number of hydrogen-bond donors (Lipinski definition) is 1. The fourth-order valence-electron chi connectivity index (χ4n) is 2.20. The average Bonchev–Trinajstić information content (AvgIpc) is 3.09. The lowest BCUT2D eigenvalue weighted by Gasteiger charge is -2.07. The fourth-order valence-corrected chi connectivity index (χ4v) is 2.82. The minimum absolute atomic E-state index is 0. The van der Waals surface area contributed by atoms with Crippen LogP contribution in [0, 0.1) is 0 Å². The number of nitrogens with one attached hydrogen (secondary N) is 1. The highest BCUT2D eigenvalue weighted by molar-refractivity contribution is 7.09. The molecule has 0 aliphatic heterocycles. The van der Waals surface area contributed by atoms with Gasteiger partial charge in [0.25, 0.3) is 0 Å². The lowest BCUT2D eigenvalue weighted by molar-refractivity contribution is 0.309. The molecule has 0 fully saturated rings. The molecule has 0 saturated carbocycles. The predicted octanol–water partition coefficient (Wildman–Crippen LogP) is 5.04. The molecule has 1 N–H and O–H groups in total. The molecule has 0 amide bonds. The molecule has 1 aromatic heterocycles. The number of benzene rings is 2. The van der Waals surface area contributed by atoms with E-state index in [4.69, 9.17) is 4.74 Å². The summed E-state index contributed by atoms with van der Waals surface area (Å²) in [5.74, 6) is 0.917. The smallest absolute Gasteiger partial charge is 0.122 e. The Hall–Kier alpha value is -1.81. The van der Waals surface area contributed by atoms with Crippen molar-refractivity contribution < 1.29 is 4.74 Å². The molecule has 0 saturated heterocycles. The summed E-state index contributed by atoms with van der Waals surface area (Å²) < 4.78 is 5.77. The minimum Gasteiger partial charge on any atom is -0.488 e. The van der Waals surface area contributed by atoms with Crippen molar-refractivity contribution in [2.24, 2.45) is 0 Å². The van der Waals surface area contributed by atoms with Crippen molar-refractivity contribution in [1.82, 2.24) is 5.32 Å². The average molecular weight is 346 g/mol. The van der Waals surface area contributed by atoms with E-state index < -0.39 is 0 Å². The summed E-state index contributed by atoms with van der Waals surface area (Å²) in [6.07, 6.45) is 0. The van der Waals surface area contributed by atoms with E-state index in [1.807, 2.05) is 24.3 Å². The molecular formula is C19H20ClNOS. The topological polar surface area (TPSA) is 21.3 Å². The molecule has 120 valence electrons. The Kier molecular flexibility index (Phi) is 7.14. The first-order valence-electron chi connectivity index (χ1n) is 7.39. The Morgan fingerprint density at radius 3 is 2.13 bits per heavy atom. The van der Waals surface area contributed by atoms with Gasteiger partial charge >= 0.3 is 0 Å². The van der Waals surface area contributed by atoms with Gasteiger partial charge in [-0.3, -0.25) is 0 Å². The Morgan fingerprint density at radius 1 is 0.783 bits per heavy atom. The maximum absolute atomic E-state index is 5.77. The second-order valence-electron chi connectivity index (χ2n) is 5.10. The first-order chi connectivity index (χ1) is 10.9. The molecule has 3 aromatic rings. The van der Waals surface area contributed by atoms with Gasteiger partial charge in [0.15, 0.2) is 0 Å². The number of rotatable bonds is 7. The van der Waals surface area contributed by atoms with E-state index in [2.05, 4.69) is 53.2 Å². The van der Waals surface area contributed by atoms with Gasteiger partial charge in [-0.05, 0) is 34.7 Å². The number of hydrogen-bond acceptors (Lipinski definition) is 3. The van der Waals surface area contributed by atoms with Gasteiger partial charge in [-0.1, -0.05) is 48.5 Å². The van der Waals surface area contributed by atoms with Gasteiger partial charge in [0.1, 0.15) is 12.4 Å². The van der Waals surface area contributed by atoms with E-state index in [0.717, 1.165) is 18.8 Å². The van der Waals surface area contributed by atoms with E-state index in [9.17, 15) is 0 Å². The third-order valence-electron chi connectivity index (χ3n) is 3.39. The van der Waals surface area contributed by atoms with Gasteiger partial charge in [-0.2, -0.15) is 0 Å². The highest BCUT2D eigenvalue weighted by atomic mass is 35.5. The number of ether oxygens (including phenoxy) is 1. The van der Waals surface area contributed by atoms with Crippen molar-refractivity contribution in [2.75, 3.05) is 0 Å². The lowest BCUT2D eigenvalue weighted by Crippen LogP contribution is -2.12. The summed E-state index contributed by atoms with van der Waals surface area (Å²) >= 11 is 1.72. The zero-order valence-corrected chi connectivity index (χ0v) is 14.4. The Bertz CT molecular complexity index is 668. The SMILES string of the molecule is Cl.c1ccc(CNCc2ccc(OCc3cccs3)cc2)cc1. The molecule has 0 aliphatic rings. The summed E-state index contributed by atoms with van der Waals surface area (Å²) in [5.41, 5.74) is 2.57. The van der Waals surface area contributed by atoms with Crippen LogP contribution >= 0.6 is 23.7 Å². The Morgan fingerprint density at radius 2 is 1.48 bits per heavy atom.